The molecule has 0 N–H and O–H groups in total. The lowest BCUT2D eigenvalue weighted by Crippen LogP contribution is -2.03. The van der Waals surface area contributed by atoms with Crippen molar-refractivity contribution in [2.24, 2.45) is 0 Å². The van der Waals surface area contributed by atoms with Gasteiger partial charge in [-0.1, -0.05) is 23.4 Å². The molecule has 0 fully saturated rings. The van der Waals surface area contributed by atoms with Gasteiger partial charge in [-0.05, 0) is 11.6 Å². The highest BCUT2D eigenvalue weighted by Gasteiger charge is 2.28. The van der Waals surface area contributed by atoms with Gasteiger partial charge < -0.3 is 0 Å². The fourth-order valence-corrected chi connectivity index (χ4v) is 1.99. The molecule has 3 nitrogen and oxygen atoms in total. The standard InChI is InChI=1S/C8Cl2F5NO2S/c9-7(16(17)18)8(10)19-6-4(14)2(12)1(11)3(13)5(6)15/b8-7+. The van der Waals surface area contributed by atoms with Gasteiger partial charge in [0, 0.05) is 0 Å². The average molecular weight is 340 g/mol. The lowest BCUT2D eigenvalue weighted by atomic mass is 10.3. The Morgan fingerprint density at radius 3 is 1.68 bits per heavy atom. The maximum Gasteiger partial charge on any atom is 0.362 e. The van der Waals surface area contributed by atoms with Crippen LogP contribution in [-0.2, 0) is 0 Å². The molecule has 0 radical (unpaired) electrons. The molecule has 104 valence electrons. The van der Waals surface area contributed by atoms with Crippen molar-refractivity contribution in [2.45, 2.75) is 4.90 Å². The average Bonchev–Trinajstić information content (AvgIpc) is 2.37. The lowest BCUT2D eigenvalue weighted by molar-refractivity contribution is -0.412. The van der Waals surface area contributed by atoms with Gasteiger partial charge in [0.25, 0.3) is 0 Å². The van der Waals surface area contributed by atoms with E-state index in [1.807, 2.05) is 0 Å². The van der Waals surface area contributed by atoms with Crippen LogP contribution in [0.25, 0.3) is 0 Å². The Balaban J connectivity index is 3.39. The zero-order chi connectivity index (χ0) is 14.9. The number of thioether (sulfide) groups is 1. The predicted molar refractivity (Wildman–Crippen MR) is 57.8 cm³/mol. The Kier molecular flexibility index (Phi) is 4.99. The summed E-state index contributed by atoms with van der Waals surface area (Å²) >= 11 is 10.0. The fourth-order valence-electron chi connectivity index (χ4n) is 0.878. The van der Waals surface area contributed by atoms with E-state index in [1.165, 1.54) is 0 Å². The molecule has 0 aliphatic rings. The van der Waals surface area contributed by atoms with Gasteiger partial charge in [-0.15, -0.1) is 0 Å². The third-order valence-electron chi connectivity index (χ3n) is 1.68. The normalized spacial score (nSPS) is 12.4. The Labute approximate surface area is 116 Å². The number of halogens is 7. The fraction of sp³-hybridized carbons (Fsp3) is 0. The van der Waals surface area contributed by atoms with Crippen molar-refractivity contribution in [3.05, 3.63) is 48.7 Å². The lowest BCUT2D eigenvalue weighted by Gasteiger charge is -2.06. The molecule has 0 bridgehead atoms. The highest BCUT2D eigenvalue weighted by Crippen LogP contribution is 2.38. The highest BCUT2D eigenvalue weighted by atomic mass is 35.5. The Bertz CT molecular complexity index is 566. The largest absolute Gasteiger partial charge is 0.362 e. The smallest absolute Gasteiger partial charge is 0.257 e. The zero-order valence-corrected chi connectivity index (χ0v) is 10.6. The van der Waals surface area contributed by atoms with Gasteiger partial charge in [0.05, 0.1) is 9.82 Å². The number of hydrogen-bond donors (Lipinski definition) is 0. The maximum atomic E-state index is 13.2. The van der Waals surface area contributed by atoms with Crippen LogP contribution in [0.1, 0.15) is 0 Å². The molecule has 0 saturated carbocycles. The van der Waals surface area contributed by atoms with Crippen molar-refractivity contribution in [3.63, 3.8) is 0 Å². The van der Waals surface area contributed by atoms with Gasteiger partial charge in [0.15, 0.2) is 27.6 Å². The summed E-state index contributed by atoms with van der Waals surface area (Å²) in [6.07, 6.45) is 0. The zero-order valence-electron chi connectivity index (χ0n) is 8.32. The number of hydrogen-bond acceptors (Lipinski definition) is 3. The van der Waals surface area contributed by atoms with Crippen molar-refractivity contribution in [1.82, 2.24) is 0 Å². The van der Waals surface area contributed by atoms with E-state index in [2.05, 4.69) is 0 Å². The minimum atomic E-state index is -2.35. The summed E-state index contributed by atoms with van der Waals surface area (Å²) in [7, 11) is 0. The molecule has 0 atom stereocenters. The number of rotatable bonds is 3. The van der Waals surface area contributed by atoms with Crippen LogP contribution in [0.5, 0.6) is 0 Å². The Morgan fingerprint density at radius 2 is 1.32 bits per heavy atom. The van der Waals surface area contributed by atoms with Crippen LogP contribution in [-0.4, -0.2) is 4.92 Å². The van der Waals surface area contributed by atoms with Crippen LogP contribution in [0, 0.1) is 39.2 Å². The number of nitrogens with zero attached hydrogens (tertiary/aromatic N) is 1. The van der Waals surface area contributed by atoms with Gasteiger partial charge in [0.1, 0.15) is 0 Å². The third kappa shape index (κ3) is 3.10. The van der Waals surface area contributed by atoms with Gasteiger partial charge in [-0.25, -0.2) is 22.0 Å². The van der Waals surface area contributed by atoms with Crippen molar-refractivity contribution in [1.29, 1.82) is 0 Å². The van der Waals surface area contributed by atoms with Gasteiger partial charge in [-0.2, -0.15) is 0 Å². The van der Waals surface area contributed by atoms with Crippen LogP contribution in [0.4, 0.5) is 22.0 Å². The van der Waals surface area contributed by atoms with Crippen molar-refractivity contribution >= 4 is 35.0 Å². The second-order valence-electron chi connectivity index (χ2n) is 2.82. The van der Waals surface area contributed by atoms with Crippen molar-refractivity contribution < 1.29 is 26.9 Å². The second-order valence-corrected chi connectivity index (χ2v) is 4.80. The molecule has 1 aromatic carbocycles. The van der Waals surface area contributed by atoms with E-state index in [4.69, 9.17) is 23.2 Å². The second kappa shape index (κ2) is 5.93. The summed E-state index contributed by atoms with van der Waals surface area (Å²) in [4.78, 5) is 7.63. The molecule has 0 aliphatic heterocycles. The number of benzene rings is 1. The van der Waals surface area contributed by atoms with Gasteiger partial charge in [0.2, 0.25) is 5.82 Å². The van der Waals surface area contributed by atoms with E-state index < -0.39 is 48.4 Å². The van der Waals surface area contributed by atoms with E-state index in [1.54, 1.807) is 0 Å². The number of nitro groups is 1. The van der Waals surface area contributed by atoms with E-state index in [0.29, 0.717) is 0 Å². The highest BCUT2D eigenvalue weighted by molar-refractivity contribution is 8.04. The topological polar surface area (TPSA) is 43.1 Å². The molecule has 0 saturated heterocycles. The summed E-state index contributed by atoms with van der Waals surface area (Å²) < 4.78 is 63.8. The third-order valence-corrected chi connectivity index (χ3v) is 3.57. The molecule has 0 unspecified atom stereocenters. The van der Waals surface area contributed by atoms with Gasteiger partial charge >= 0.3 is 5.16 Å². The first kappa shape index (κ1) is 16.0. The molecule has 0 heterocycles. The van der Waals surface area contributed by atoms with E-state index in [9.17, 15) is 32.1 Å². The molecule has 1 rings (SSSR count). The van der Waals surface area contributed by atoms with Crippen molar-refractivity contribution in [3.8, 4) is 0 Å². The predicted octanol–water partition coefficient (Wildman–Crippen LogP) is 4.36. The SMILES string of the molecule is O=[N+]([O-])/C(Cl)=C(\Cl)Sc1c(F)c(F)c(F)c(F)c1F. The minimum Gasteiger partial charge on any atom is -0.257 e. The molecule has 0 aromatic heterocycles. The monoisotopic (exact) mass is 339 g/mol. The summed E-state index contributed by atoms with van der Waals surface area (Å²) in [6, 6.07) is 0. The molecular formula is C8Cl2F5NO2S. The molecule has 0 spiro atoms. The van der Waals surface area contributed by atoms with Crippen LogP contribution in [0.3, 0.4) is 0 Å². The van der Waals surface area contributed by atoms with E-state index >= 15 is 0 Å². The molecule has 11 heteroatoms. The Hall–Kier alpha value is -1.06. The molecule has 19 heavy (non-hydrogen) atoms. The van der Waals surface area contributed by atoms with E-state index in [0.717, 1.165) is 0 Å². The molecule has 1 aromatic rings. The van der Waals surface area contributed by atoms with Gasteiger partial charge in [-0.3, -0.25) is 10.1 Å². The first-order valence-corrected chi connectivity index (χ1v) is 5.64. The molecular weight excluding hydrogens is 340 g/mol. The first-order chi connectivity index (χ1) is 8.68. The van der Waals surface area contributed by atoms with E-state index in [-0.39, 0.29) is 11.8 Å². The van der Waals surface area contributed by atoms with Crippen LogP contribution >= 0.6 is 35.0 Å². The quantitative estimate of drug-likeness (QED) is 0.156. The van der Waals surface area contributed by atoms with Crippen LogP contribution in [0.2, 0.25) is 0 Å². The molecule has 0 amide bonds. The Morgan fingerprint density at radius 1 is 0.947 bits per heavy atom. The summed E-state index contributed by atoms with van der Waals surface area (Å²) in [5, 5.41) is 9.00. The van der Waals surface area contributed by atoms with Crippen molar-refractivity contribution in [2.75, 3.05) is 0 Å². The summed E-state index contributed by atoms with van der Waals surface area (Å²) in [5.74, 6) is -11.1. The van der Waals surface area contributed by atoms with Crippen LogP contribution in [0.15, 0.2) is 14.4 Å². The summed E-state index contributed by atoms with van der Waals surface area (Å²) in [6.45, 7) is 0. The van der Waals surface area contributed by atoms with Crippen LogP contribution < -0.4 is 0 Å². The minimum absolute atomic E-state index is 0.255. The maximum absolute atomic E-state index is 13.2. The first-order valence-electron chi connectivity index (χ1n) is 4.07. The summed E-state index contributed by atoms with van der Waals surface area (Å²) in [5.41, 5.74) is 0. The molecule has 0 aliphatic carbocycles.